The van der Waals surface area contributed by atoms with Crippen LogP contribution >= 0.6 is 11.3 Å². The summed E-state index contributed by atoms with van der Waals surface area (Å²) in [5.74, 6) is 0.0460. The fourth-order valence-corrected chi connectivity index (χ4v) is 5.42. The van der Waals surface area contributed by atoms with Gasteiger partial charge in [-0.05, 0) is 49.6 Å². The Kier molecular flexibility index (Phi) is 5.90. The number of carboxylic acids is 1. The summed E-state index contributed by atoms with van der Waals surface area (Å²) in [5.41, 5.74) is 5.65. The summed E-state index contributed by atoms with van der Waals surface area (Å²) in [6.07, 6.45) is 3.72. The van der Waals surface area contributed by atoms with Crippen LogP contribution in [-0.2, 0) is 4.79 Å². The molecule has 0 fully saturated rings. The van der Waals surface area contributed by atoms with Gasteiger partial charge in [0.1, 0.15) is 22.7 Å². The molecule has 0 bridgehead atoms. The first-order valence-electron chi connectivity index (χ1n) is 11.2. The van der Waals surface area contributed by atoms with Crippen LogP contribution in [0.25, 0.3) is 17.2 Å². The highest BCUT2D eigenvalue weighted by molar-refractivity contribution is 7.15. The maximum absolute atomic E-state index is 13.1. The average Bonchev–Trinajstić information content (AvgIpc) is 3.31. The summed E-state index contributed by atoms with van der Waals surface area (Å²) in [5, 5.41) is 19.1. The highest BCUT2D eigenvalue weighted by Gasteiger charge is 2.32. The molecular formula is C27H23FN4O2S. The van der Waals surface area contributed by atoms with E-state index in [4.69, 9.17) is 4.99 Å². The molecule has 8 heteroatoms. The summed E-state index contributed by atoms with van der Waals surface area (Å²) >= 11 is 1.64. The Morgan fingerprint density at radius 3 is 2.29 bits per heavy atom. The highest BCUT2D eigenvalue weighted by Crippen LogP contribution is 2.39. The van der Waals surface area contributed by atoms with E-state index < -0.39 is 12.0 Å². The fraction of sp³-hybridized carbons (Fsp3) is 0.185. The van der Waals surface area contributed by atoms with Crippen molar-refractivity contribution in [2.75, 3.05) is 0 Å². The molecule has 1 aliphatic heterocycles. The van der Waals surface area contributed by atoms with Gasteiger partial charge in [0.15, 0.2) is 5.82 Å². The smallest absolute Gasteiger partial charge is 0.306 e. The van der Waals surface area contributed by atoms with Crippen LogP contribution in [0.2, 0.25) is 0 Å². The van der Waals surface area contributed by atoms with Crippen molar-refractivity contribution in [2.45, 2.75) is 33.2 Å². The Labute approximate surface area is 206 Å². The van der Waals surface area contributed by atoms with Gasteiger partial charge in [0.05, 0.1) is 12.1 Å². The molecule has 176 valence electrons. The Morgan fingerprint density at radius 2 is 1.66 bits per heavy atom. The lowest BCUT2D eigenvalue weighted by atomic mass is 9.98. The molecule has 6 nitrogen and oxygen atoms in total. The van der Waals surface area contributed by atoms with Gasteiger partial charge >= 0.3 is 5.97 Å². The van der Waals surface area contributed by atoms with E-state index in [1.54, 1.807) is 23.5 Å². The number of nitrogens with zero attached hydrogens (tertiary/aromatic N) is 4. The van der Waals surface area contributed by atoms with Crippen molar-refractivity contribution >= 4 is 35.2 Å². The van der Waals surface area contributed by atoms with E-state index in [0.29, 0.717) is 11.6 Å². The van der Waals surface area contributed by atoms with Crippen molar-refractivity contribution in [2.24, 2.45) is 4.99 Å². The summed E-state index contributed by atoms with van der Waals surface area (Å²) in [7, 11) is 0. The van der Waals surface area contributed by atoms with Gasteiger partial charge in [-0.1, -0.05) is 48.6 Å². The van der Waals surface area contributed by atoms with Crippen LogP contribution in [0.5, 0.6) is 0 Å². The molecule has 0 saturated carbocycles. The molecule has 5 rings (SSSR count). The topological polar surface area (TPSA) is 80.4 Å². The van der Waals surface area contributed by atoms with Crippen LogP contribution in [0, 0.1) is 26.6 Å². The first-order valence-corrected chi connectivity index (χ1v) is 12.0. The summed E-state index contributed by atoms with van der Waals surface area (Å²) in [6, 6.07) is 13.7. The van der Waals surface area contributed by atoms with E-state index in [1.165, 1.54) is 12.1 Å². The number of aliphatic imine (C=N–C) groups is 1. The molecule has 1 atom stereocenters. The van der Waals surface area contributed by atoms with Gasteiger partial charge in [0.25, 0.3) is 0 Å². The van der Waals surface area contributed by atoms with E-state index >= 15 is 0 Å². The number of fused-ring (bicyclic) bond motifs is 3. The molecule has 0 amide bonds. The second-order valence-electron chi connectivity index (χ2n) is 8.50. The Balaban J connectivity index is 1.58. The number of rotatable bonds is 5. The van der Waals surface area contributed by atoms with Gasteiger partial charge in [-0.15, -0.1) is 21.5 Å². The van der Waals surface area contributed by atoms with E-state index in [1.807, 2.05) is 47.9 Å². The molecule has 0 unspecified atom stereocenters. The fourth-order valence-electron chi connectivity index (χ4n) is 4.21. The van der Waals surface area contributed by atoms with Crippen molar-refractivity contribution in [3.05, 3.63) is 98.7 Å². The third-order valence-electron chi connectivity index (χ3n) is 6.13. The van der Waals surface area contributed by atoms with Crippen LogP contribution in [0.3, 0.4) is 0 Å². The Hall–Kier alpha value is -3.91. The molecular weight excluding hydrogens is 463 g/mol. The first kappa shape index (κ1) is 22.9. The molecule has 2 aromatic heterocycles. The third kappa shape index (κ3) is 4.33. The van der Waals surface area contributed by atoms with Crippen molar-refractivity contribution < 1.29 is 14.3 Å². The number of aliphatic carboxylic acids is 1. The highest BCUT2D eigenvalue weighted by atomic mass is 32.1. The first-order chi connectivity index (χ1) is 16.8. The number of benzene rings is 2. The number of aromatic nitrogens is 3. The van der Waals surface area contributed by atoms with Crippen LogP contribution in [0.15, 0.2) is 53.5 Å². The average molecular weight is 487 g/mol. The molecule has 0 saturated heterocycles. The number of halogens is 1. The number of hydrogen-bond acceptors (Lipinski definition) is 5. The molecule has 3 heterocycles. The molecule has 1 aliphatic rings. The SMILES string of the molecule is Cc1sc2c(c1C)C(c1ccc(/C=C/c3ccc(F)cc3)cc1)=N[C@@H](CC(=O)O)c1nnc(C)n1-2. The lowest BCUT2D eigenvalue weighted by Crippen LogP contribution is -2.10. The quantitative estimate of drug-likeness (QED) is 0.355. The lowest BCUT2D eigenvalue weighted by molar-refractivity contribution is -0.137. The minimum Gasteiger partial charge on any atom is -0.481 e. The normalized spacial score (nSPS) is 15.0. The molecule has 0 radical (unpaired) electrons. The Morgan fingerprint density at radius 1 is 1.03 bits per heavy atom. The van der Waals surface area contributed by atoms with Gasteiger partial charge in [-0.2, -0.15) is 0 Å². The maximum Gasteiger partial charge on any atom is 0.306 e. The minimum absolute atomic E-state index is 0.174. The second-order valence-corrected chi connectivity index (χ2v) is 9.71. The van der Waals surface area contributed by atoms with Gasteiger partial charge in [-0.25, -0.2) is 4.39 Å². The third-order valence-corrected chi connectivity index (χ3v) is 7.32. The molecule has 0 spiro atoms. The predicted molar refractivity (Wildman–Crippen MR) is 136 cm³/mol. The monoisotopic (exact) mass is 486 g/mol. The lowest BCUT2D eigenvalue weighted by Gasteiger charge is -2.11. The maximum atomic E-state index is 13.1. The van der Waals surface area contributed by atoms with Crippen LogP contribution < -0.4 is 0 Å². The zero-order valence-electron chi connectivity index (χ0n) is 19.5. The van der Waals surface area contributed by atoms with Crippen molar-refractivity contribution in [1.82, 2.24) is 14.8 Å². The summed E-state index contributed by atoms with van der Waals surface area (Å²) in [6.45, 7) is 6.01. The zero-order chi connectivity index (χ0) is 24.7. The number of carboxylic acid groups (broad SMARTS) is 1. The van der Waals surface area contributed by atoms with Gasteiger partial charge in [-0.3, -0.25) is 14.4 Å². The number of carbonyl (C=O) groups is 1. The van der Waals surface area contributed by atoms with E-state index in [-0.39, 0.29) is 12.2 Å². The minimum atomic E-state index is -0.940. The standard InChI is InChI=1S/C27H23FN4O2S/c1-15-16(2)35-27-24(15)25(29-22(14-23(33)34)26-31-30-17(3)32(26)27)20-10-6-18(7-11-20)4-5-19-8-12-21(28)13-9-19/h4-13,22H,14H2,1-3H3,(H,33,34)/b5-4+/t22-/m0/s1. The van der Waals surface area contributed by atoms with Gasteiger partial charge in [0.2, 0.25) is 0 Å². The van der Waals surface area contributed by atoms with Gasteiger partial charge in [0, 0.05) is 16.0 Å². The summed E-state index contributed by atoms with van der Waals surface area (Å²) < 4.78 is 15.1. The van der Waals surface area contributed by atoms with Crippen molar-refractivity contribution in [3.8, 4) is 5.00 Å². The van der Waals surface area contributed by atoms with Crippen molar-refractivity contribution in [3.63, 3.8) is 0 Å². The number of hydrogen-bond donors (Lipinski definition) is 1. The van der Waals surface area contributed by atoms with E-state index in [2.05, 4.69) is 24.0 Å². The molecule has 0 aliphatic carbocycles. The molecule has 35 heavy (non-hydrogen) atoms. The van der Waals surface area contributed by atoms with Crippen molar-refractivity contribution in [1.29, 1.82) is 0 Å². The zero-order valence-corrected chi connectivity index (χ0v) is 20.3. The van der Waals surface area contributed by atoms with E-state index in [9.17, 15) is 14.3 Å². The Bertz CT molecular complexity index is 1480. The largest absolute Gasteiger partial charge is 0.481 e. The van der Waals surface area contributed by atoms with E-state index in [0.717, 1.165) is 43.4 Å². The number of aryl methyl sites for hydroxylation is 2. The number of thiophene rings is 1. The molecule has 4 aromatic rings. The van der Waals surface area contributed by atoms with Crippen LogP contribution in [0.1, 0.15) is 56.8 Å². The molecule has 1 N–H and O–H groups in total. The molecule has 2 aromatic carbocycles. The van der Waals surface area contributed by atoms with Crippen LogP contribution in [-0.4, -0.2) is 31.6 Å². The second kappa shape index (κ2) is 9.03. The van der Waals surface area contributed by atoms with Gasteiger partial charge < -0.3 is 5.11 Å². The summed E-state index contributed by atoms with van der Waals surface area (Å²) in [4.78, 5) is 17.8. The van der Waals surface area contributed by atoms with Crippen LogP contribution in [0.4, 0.5) is 4.39 Å². The predicted octanol–water partition coefficient (Wildman–Crippen LogP) is 5.93.